The van der Waals surface area contributed by atoms with Gasteiger partial charge >= 0.3 is 6.03 Å². The maximum Gasteiger partial charge on any atom is 0.319 e. The van der Waals surface area contributed by atoms with Crippen LogP contribution in [0.5, 0.6) is 0 Å². The number of nitro benzene ring substituents is 1. The fourth-order valence-electron chi connectivity index (χ4n) is 1.69. The molecular weight excluding hydrogens is 276 g/mol. The van der Waals surface area contributed by atoms with E-state index < -0.39 is 11.0 Å². The van der Waals surface area contributed by atoms with E-state index in [9.17, 15) is 19.7 Å². The largest absolute Gasteiger partial charge is 0.342 e. The maximum atomic E-state index is 11.7. The van der Waals surface area contributed by atoms with Gasteiger partial charge in [-0.05, 0) is 26.0 Å². The SMILES string of the molecule is CCN(CC)C(=O)CNC(=O)Nc1ccc([N+](=O)[O-])cc1. The number of carbonyl (C=O) groups excluding carboxylic acids is 2. The lowest BCUT2D eigenvalue weighted by atomic mass is 10.3. The summed E-state index contributed by atoms with van der Waals surface area (Å²) in [6, 6.07) is 4.88. The Morgan fingerprint density at radius 3 is 2.24 bits per heavy atom. The first-order valence-electron chi connectivity index (χ1n) is 6.55. The van der Waals surface area contributed by atoms with Gasteiger partial charge in [0.25, 0.3) is 5.69 Å². The number of hydrogen-bond acceptors (Lipinski definition) is 4. The predicted octanol–water partition coefficient (Wildman–Crippen LogP) is 1.58. The molecule has 2 N–H and O–H groups in total. The van der Waals surface area contributed by atoms with Crippen LogP contribution in [-0.2, 0) is 4.79 Å². The normalized spacial score (nSPS) is 9.81. The molecule has 0 aliphatic rings. The highest BCUT2D eigenvalue weighted by atomic mass is 16.6. The molecule has 0 unspecified atom stereocenters. The lowest BCUT2D eigenvalue weighted by Crippen LogP contribution is -2.41. The second-order valence-electron chi connectivity index (χ2n) is 4.18. The number of carbonyl (C=O) groups is 2. The molecule has 8 heteroatoms. The number of benzene rings is 1. The highest BCUT2D eigenvalue weighted by Gasteiger charge is 2.11. The number of nitrogens with zero attached hydrogens (tertiary/aromatic N) is 2. The quantitative estimate of drug-likeness (QED) is 0.614. The standard InChI is InChI=1S/C13H18N4O4/c1-3-16(4-2)12(18)9-14-13(19)15-10-5-7-11(8-6-10)17(20)21/h5-8H,3-4,9H2,1-2H3,(H2,14,15,19). The third-order valence-electron chi connectivity index (χ3n) is 2.85. The summed E-state index contributed by atoms with van der Waals surface area (Å²) in [4.78, 5) is 34.9. The zero-order valence-corrected chi connectivity index (χ0v) is 12.0. The molecule has 0 aliphatic carbocycles. The Labute approximate surface area is 122 Å². The molecular formula is C13H18N4O4. The molecule has 3 amide bonds. The lowest BCUT2D eigenvalue weighted by Gasteiger charge is -2.18. The third-order valence-corrected chi connectivity index (χ3v) is 2.85. The van der Waals surface area contributed by atoms with Crippen molar-refractivity contribution in [3.05, 3.63) is 34.4 Å². The minimum absolute atomic E-state index is 0.0577. The molecule has 1 rings (SSSR count). The Kier molecular flexibility index (Phi) is 6.12. The fraction of sp³-hybridized carbons (Fsp3) is 0.385. The van der Waals surface area contributed by atoms with Gasteiger partial charge in [-0.25, -0.2) is 4.79 Å². The van der Waals surface area contributed by atoms with Crippen LogP contribution in [0, 0.1) is 10.1 Å². The van der Waals surface area contributed by atoms with Gasteiger partial charge in [-0.2, -0.15) is 0 Å². The predicted molar refractivity (Wildman–Crippen MR) is 78.0 cm³/mol. The Bertz CT molecular complexity index is 511. The molecule has 0 bridgehead atoms. The fourth-order valence-corrected chi connectivity index (χ4v) is 1.69. The van der Waals surface area contributed by atoms with Crippen LogP contribution in [0.3, 0.4) is 0 Å². The Balaban J connectivity index is 2.47. The van der Waals surface area contributed by atoms with Crippen molar-refractivity contribution in [2.24, 2.45) is 0 Å². The molecule has 1 aromatic carbocycles. The first-order valence-corrected chi connectivity index (χ1v) is 6.55. The number of likely N-dealkylation sites (N-methyl/N-ethyl adjacent to an activating group) is 1. The number of anilines is 1. The van der Waals surface area contributed by atoms with E-state index in [1.807, 2.05) is 13.8 Å². The molecule has 0 radical (unpaired) electrons. The van der Waals surface area contributed by atoms with Crippen molar-refractivity contribution in [3.8, 4) is 0 Å². The van der Waals surface area contributed by atoms with Gasteiger partial charge in [0.05, 0.1) is 11.5 Å². The van der Waals surface area contributed by atoms with Gasteiger partial charge in [-0.1, -0.05) is 0 Å². The van der Waals surface area contributed by atoms with Crippen molar-refractivity contribution in [1.29, 1.82) is 0 Å². The van der Waals surface area contributed by atoms with Crippen LogP contribution >= 0.6 is 0 Å². The van der Waals surface area contributed by atoms with Crippen molar-refractivity contribution >= 4 is 23.3 Å². The molecule has 0 aliphatic heterocycles. The second kappa shape index (κ2) is 7.83. The summed E-state index contributed by atoms with van der Waals surface area (Å²) in [5, 5.41) is 15.4. The van der Waals surface area contributed by atoms with Crippen molar-refractivity contribution in [2.45, 2.75) is 13.8 Å². The minimum atomic E-state index is -0.538. The highest BCUT2D eigenvalue weighted by Crippen LogP contribution is 2.15. The first-order chi connectivity index (χ1) is 9.97. The van der Waals surface area contributed by atoms with E-state index in [0.29, 0.717) is 18.8 Å². The van der Waals surface area contributed by atoms with Crippen LogP contribution in [0.1, 0.15) is 13.8 Å². The van der Waals surface area contributed by atoms with Gasteiger partial charge < -0.3 is 15.5 Å². The van der Waals surface area contributed by atoms with E-state index >= 15 is 0 Å². The molecule has 1 aromatic rings. The van der Waals surface area contributed by atoms with Gasteiger partial charge in [0.15, 0.2) is 0 Å². The van der Waals surface area contributed by atoms with Gasteiger partial charge in [-0.3, -0.25) is 14.9 Å². The number of urea groups is 1. The molecule has 0 saturated heterocycles. The van der Waals surface area contributed by atoms with Crippen molar-refractivity contribution in [2.75, 3.05) is 25.0 Å². The van der Waals surface area contributed by atoms with E-state index in [0.717, 1.165) is 0 Å². The first kappa shape index (κ1) is 16.4. The van der Waals surface area contributed by atoms with Gasteiger partial charge in [0.1, 0.15) is 0 Å². The molecule has 0 fully saturated rings. The highest BCUT2D eigenvalue weighted by molar-refractivity contribution is 5.92. The molecule has 8 nitrogen and oxygen atoms in total. The third kappa shape index (κ3) is 5.09. The van der Waals surface area contributed by atoms with Crippen LogP contribution in [-0.4, -0.2) is 41.4 Å². The van der Waals surface area contributed by atoms with E-state index in [1.165, 1.54) is 24.3 Å². The summed E-state index contributed by atoms with van der Waals surface area (Å²) in [5.41, 5.74) is 0.353. The average molecular weight is 294 g/mol. The van der Waals surface area contributed by atoms with Crippen LogP contribution < -0.4 is 10.6 Å². The lowest BCUT2D eigenvalue weighted by molar-refractivity contribution is -0.384. The van der Waals surface area contributed by atoms with Crippen LogP contribution in [0.4, 0.5) is 16.2 Å². The minimum Gasteiger partial charge on any atom is -0.342 e. The Hall–Kier alpha value is -2.64. The molecule has 0 aromatic heterocycles. The number of non-ortho nitro benzene ring substituents is 1. The van der Waals surface area contributed by atoms with Crippen molar-refractivity contribution < 1.29 is 14.5 Å². The summed E-state index contributed by atoms with van der Waals surface area (Å²) in [7, 11) is 0. The summed E-state index contributed by atoms with van der Waals surface area (Å²) in [6.45, 7) is 4.79. The van der Waals surface area contributed by atoms with Crippen LogP contribution in [0.25, 0.3) is 0 Å². The number of amides is 3. The molecule has 114 valence electrons. The van der Waals surface area contributed by atoms with Gasteiger partial charge in [0.2, 0.25) is 5.91 Å². The zero-order valence-electron chi connectivity index (χ0n) is 12.0. The number of hydrogen-bond donors (Lipinski definition) is 2. The van der Waals surface area contributed by atoms with Crippen molar-refractivity contribution in [3.63, 3.8) is 0 Å². The molecule has 0 heterocycles. The molecule has 0 spiro atoms. The van der Waals surface area contributed by atoms with Gasteiger partial charge in [0, 0.05) is 30.9 Å². The van der Waals surface area contributed by atoms with Crippen molar-refractivity contribution in [1.82, 2.24) is 10.2 Å². The zero-order chi connectivity index (χ0) is 15.8. The number of nitro groups is 1. The smallest absolute Gasteiger partial charge is 0.319 e. The Morgan fingerprint density at radius 1 is 1.19 bits per heavy atom. The second-order valence-corrected chi connectivity index (χ2v) is 4.18. The topological polar surface area (TPSA) is 105 Å². The van der Waals surface area contributed by atoms with Crippen LogP contribution in [0.2, 0.25) is 0 Å². The molecule has 21 heavy (non-hydrogen) atoms. The van der Waals surface area contributed by atoms with Crippen LogP contribution in [0.15, 0.2) is 24.3 Å². The monoisotopic (exact) mass is 294 g/mol. The Morgan fingerprint density at radius 2 is 1.76 bits per heavy atom. The van der Waals surface area contributed by atoms with E-state index in [2.05, 4.69) is 10.6 Å². The summed E-state index contributed by atoms with van der Waals surface area (Å²) in [5.74, 6) is -0.168. The van der Waals surface area contributed by atoms with Gasteiger partial charge in [-0.15, -0.1) is 0 Å². The molecule has 0 saturated carbocycles. The van der Waals surface area contributed by atoms with E-state index in [-0.39, 0.29) is 18.1 Å². The number of rotatable bonds is 6. The number of nitrogens with one attached hydrogen (secondary N) is 2. The van der Waals surface area contributed by atoms with E-state index in [4.69, 9.17) is 0 Å². The van der Waals surface area contributed by atoms with E-state index in [1.54, 1.807) is 4.90 Å². The average Bonchev–Trinajstić information content (AvgIpc) is 2.47. The summed E-state index contributed by atoms with van der Waals surface area (Å²) in [6.07, 6.45) is 0. The maximum absolute atomic E-state index is 11.7. The summed E-state index contributed by atoms with van der Waals surface area (Å²) < 4.78 is 0. The summed E-state index contributed by atoms with van der Waals surface area (Å²) >= 11 is 0. The molecule has 0 atom stereocenters.